The summed E-state index contributed by atoms with van der Waals surface area (Å²) in [4.78, 5) is 46.6. The van der Waals surface area contributed by atoms with E-state index >= 15 is 0 Å². The Bertz CT molecular complexity index is 615. The lowest BCUT2D eigenvalue weighted by Gasteiger charge is -2.45. The Hall–Kier alpha value is -1.85. The molecule has 0 aliphatic carbocycles. The molecule has 0 saturated carbocycles. The van der Waals surface area contributed by atoms with E-state index in [0.29, 0.717) is 5.75 Å². The lowest BCUT2D eigenvalue weighted by Crippen LogP contribution is -2.65. The molecule has 31 heavy (non-hydrogen) atoms. The number of hydrogen-bond donors (Lipinski definition) is 2. The number of amides is 1. The Balaban J connectivity index is 3.07. The number of nitrogens with one attached hydrogen (secondary N) is 1. The van der Waals surface area contributed by atoms with Crippen LogP contribution in [0.15, 0.2) is 0 Å². The standard InChI is InChI=1S/C20H33NO9S/c1-12(23)21-17-19(29-15(4)26)18(28-14(3)25)16(11-27-13(2)24)30-20(17)31-10-8-6-5-7-9-22/h16-20,22H,5-11H2,1-4H3,(H,21,23). The van der Waals surface area contributed by atoms with Gasteiger partial charge in [0.25, 0.3) is 0 Å². The average Bonchev–Trinajstić information content (AvgIpc) is 2.66. The van der Waals surface area contributed by atoms with Gasteiger partial charge in [0.2, 0.25) is 5.91 Å². The summed E-state index contributed by atoms with van der Waals surface area (Å²) < 4.78 is 21.9. The van der Waals surface area contributed by atoms with Gasteiger partial charge in [0.15, 0.2) is 12.2 Å². The second-order valence-electron chi connectivity index (χ2n) is 7.23. The molecule has 1 saturated heterocycles. The number of aliphatic hydroxyl groups excluding tert-OH is 1. The predicted molar refractivity (Wildman–Crippen MR) is 112 cm³/mol. The Morgan fingerprint density at radius 3 is 2.06 bits per heavy atom. The van der Waals surface area contributed by atoms with Gasteiger partial charge in [-0.2, -0.15) is 0 Å². The molecule has 5 atom stereocenters. The summed E-state index contributed by atoms with van der Waals surface area (Å²) in [6.07, 6.45) is 0.446. The molecule has 0 radical (unpaired) electrons. The first kappa shape index (κ1) is 27.2. The fraction of sp³-hybridized carbons (Fsp3) is 0.800. The highest BCUT2D eigenvalue weighted by Gasteiger charge is 2.50. The van der Waals surface area contributed by atoms with E-state index in [4.69, 9.17) is 24.1 Å². The highest BCUT2D eigenvalue weighted by Crippen LogP contribution is 2.33. The van der Waals surface area contributed by atoms with E-state index in [1.54, 1.807) is 0 Å². The predicted octanol–water partition coefficient (Wildman–Crippen LogP) is 0.928. The minimum atomic E-state index is -1.07. The van der Waals surface area contributed by atoms with Gasteiger partial charge in [0.05, 0.1) is 0 Å². The first-order valence-corrected chi connectivity index (χ1v) is 11.3. The minimum absolute atomic E-state index is 0.156. The zero-order valence-electron chi connectivity index (χ0n) is 18.5. The van der Waals surface area contributed by atoms with E-state index in [1.807, 2.05) is 0 Å². The second-order valence-corrected chi connectivity index (χ2v) is 8.43. The molecule has 0 aromatic carbocycles. The number of ether oxygens (including phenoxy) is 4. The molecule has 1 heterocycles. The van der Waals surface area contributed by atoms with Crippen molar-refractivity contribution in [3.8, 4) is 0 Å². The Labute approximate surface area is 186 Å². The number of thioether (sulfide) groups is 1. The van der Waals surface area contributed by atoms with Crippen molar-refractivity contribution >= 4 is 35.6 Å². The van der Waals surface area contributed by atoms with Crippen LogP contribution in [0.5, 0.6) is 0 Å². The second kappa shape index (κ2) is 14.3. The van der Waals surface area contributed by atoms with Crippen molar-refractivity contribution in [3.05, 3.63) is 0 Å². The number of esters is 3. The number of carbonyl (C=O) groups is 4. The molecule has 10 nitrogen and oxygen atoms in total. The van der Waals surface area contributed by atoms with Crippen molar-refractivity contribution in [3.63, 3.8) is 0 Å². The maximum absolute atomic E-state index is 11.8. The molecule has 1 aliphatic heterocycles. The minimum Gasteiger partial charge on any atom is -0.463 e. The number of aliphatic hydroxyl groups is 1. The lowest BCUT2D eigenvalue weighted by atomic mass is 9.97. The van der Waals surface area contributed by atoms with Crippen molar-refractivity contribution in [2.45, 2.75) is 83.2 Å². The van der Waals surface area contributed by atoms with Gasteiger partial charge in [-0.15, -0.1) is 11.8 Å². The van der Waals surface area contributed by atoms with E-state index in [2.05, 4.69) is 5.32 Å². The molecule has 178 valence electrons. The quantitative estimate of drug-likeness (QED) is 0.244. The van der Waals surface area contributed by atoms with E-state index in [9.17, 15) is 19.2 Å². The third-order valence-corrected chi connectivity index (χ3v) is 5.66. The van der Waals surface area contributed by atoms with Gasteiger partial charge >= 0.3 is 17.9 Å². The van der Waals surface area contributed by atoms with Crippen molar-refractivity contribution < 1.29 is 43.2 Å². The van der Waals surface area contributed by atoms with E-state index in [1.165, 1.54) is 39.5 Å². The molecule has 0 spiro atoms. The molecule has 0 aromatic rings. The first-order chi connectivity index (χ1) is 14.6. The van der Waals surface area contributed by atoms with E-state index < -0.39 is 47.7 Å². The van der Waals surface area contributed by atoms with Crippen LogP contribution in [0.2, 0.25) is 0 Å². The molecule has 1 rings (SSSR count). The fourth-order valence-electron chi connectivity index (χ4n) is 3.20. The molecular formula is C20H33NO9S. The highest BCUT2D eigenvalue weighted by molar-refractivity contribution is 7.99. The molecule has 5 unspecified atom stereocenters. The van der Waals surface area contributed by atoms with Crippen molar-refractivity contribution in [2.75, 3.05) is 19.0 Å². The zero-order valence-corrected chi connectivity index (χ0v) is 19.3. The van der Waals surface area contributed by atoms with Gasteiger partial charge in [-0.3, -0.25) is 19.2 Å². The van der Waals surface area contributed by atoms with Crippen LogP contribution in [0.3, 0.4) is 0 Å². The third-order valence-electron chi connectivity index (χ3n) is 4.41. The summed E-state index contributed by atoms with van der Waals surface area (Å²) in [6.45, 7) is 4.94. The van der Waals surface area contributed by atoms with Crippen LogP contribution < -0.4 is 5.32 Å². The molecule has 0 aromatic heterocycles. The summed E-state index contributed by atoms with van der Waals surface area (Å²) in [7, 11) is 0. The van der Waals surface area contributed by atoms with E-state index in [-0.39, 0.29) is 19.1 Å². The largest absolute Gasteiger partial charge is 0.463 e. The van der Waals surface area contributed by atoms with Crippen molar-refractivity contribution in [2.24, 2.45) is 0 Å². The van der Waals surface area contributed by atoms with Crippen LogP contribution in [-0.2, 0) is 38.1 Å². The Morgan fingerprint density at radius 2 is 1.52 bits per heavy atom. The molecule has 1 amide bonds. The van der Waals surface area contributed by atoms with Crippen LogP contribution in [-0.4, -0.2) is 77.7 Å². The first-order valence-electron chi connectivity index (χ1n) is 10.3. The van der Waals surface area contributed by atoms with Gasteiger partial charge in [-0.25, -0.2) is 0 Å². The maximum atomic E-state index is 11.8. The molecule has 11 heteroatoms. The SMILES string of the molecule is CC(=O)NC1C(SCCCCCCO)OC(COC(C)=O)C(OC(C)=O)C1OC(C)=O. The average molecular weight is 464 g/mol. The Morgan fingerprint density at radius 1 is 0.903 bits per heavy atom. The van der Waals surface area contributed by atoms with Crippen molar-refractivity contribution in [1.29, 1.82) is 0 Å². The topological polar surface area (TPSA) is 137 Å². The molecule has 2 N–H and O–H groups in total. The normalized spacial score (nSPS) is 25.4. The van der Waals surface area contributed by atoms with Crippen LogP contribution in [0.4, 0.5) is 0 Å². The van der Waals surface area contributed by atoms with Crippen molar-refractivity contribution in [1.82, 2.24) is 5.32 Å². The van der Waals surface area contributed by atoms with Gasteiger partial charge in [-0.05, 0) is 18.6 Å². The fourth-order valence-corrected chi connectivity index (χ4v) is 4.45. The van der Waals surface area contributed by atoms with Gasteiger partial charge < -0.3 is 29.4 Å². The maximum Gasteiger partial charge on any atom is 0.303 e. The molecular weight excluding hydrogens is 430 g/mol. The number of unbranched alkanes of at least 4 members (excludes halogenated alkanes) is 3. The van der Waals surface area contributed by atoms with Crippen LogP contribution >= 0.6 is 11.8 Å². The summed E-state index contributed by atoms with van der Waals surface area (Å²) in [5.74, 6) is -1.45. The summed E-state index contributed by atoms with van der Waals surface area (Å²) >= 11 is 1.42. The van der Waals surface area contributed by atoms with Crippen LogP contribution in [0, 0.1) is 0 Å². The molecule has 1 aliphatic rings. The summed E-state index contributed by atoms with van der Waals surface area (Å²) in [5, 5.41) is 11.6. The number of rotatable bonds is 12. The van der Waals surface area contributed by atoms with Crippen LogP contribution in [0.1, 0.15) is 53.4 Å². The monoisotopic (exact) mass is 463 g/mol. The van der Waals surface area contributed by atoms with Gasteiger partial charge in [-0.1, -0.05) is 12.8 Å². The smallest absolute Gasteiger partial charge is 0.303 e. The van der Waals surface area contributed by atoms with Crippen LogP contribution in [0.25, 0.3) is 0 Å². The summed E-state index contributed by atoms with van der Waals surface area (Å²) in [5.41, 5.74) is -0.626. The highest BCUT2D eigenvalue weighted by atomic mass is 32.2. The lowest BCUT2D eigenvalue weighted by molar-refractivity contribution is -0.211. The third kappa shape index (κ3) is 10.3. The Kier molecular flexibility index (Phi) is 12.5. The van der Waals surface area contributed by atoms with Gasteiger partial charge in [0.1, 0.15) is 24.2 Å². The zero-order chi connectivity index (χ0) is 23.4. The number of carbonyl (C=O) groups excluding carboxylic acids is 4. The number of hydrogen-bond acceptors (Lipinski definition) is 10. The summed E-state index contributed by atoms with van der Waals surface area (Å²) in [6, 6.07) is -0.776. The molecule has 0 bridgehead atoms. The van der Waals surface area contributed by atoms with E-state index in [0.717, 1.165) is 25.7 Å². The van der Waals surface area contributed by atoms with Gasteiger partial charge in [0, 0.05) is 34.3 Å². The molecule has 1 fully saturated rings.